The predicted octanol–water partition coefficient (Wildman–Crippen LogP) is 4.50. The first-order valence-electron chi connectivity index (χ1n) is 7.29. The fourth-order valence-corrected chi connectivity index (χ4v) is 3.24. The molecule has 0 saturated heterocycles. The Hall–Kier alpha value is -1.38. The molecule has 1 aliphatic carbocycles. The zero-order valence-electron chi connectivity index (χ0n) is 12.5. The van der Waals surface area contributed by atoms with Gasteiger partial charge < -0.3 is 4.74 Å². The molecule has 0 aromatic heterocycles. The van der Waals surface area contributed by atoms with Gasteiger partial charge in [0.2, 0.25) is 0 Å². The van der Waals surface area contributed by atoms with Gasteiger partial charge >= 0.3 is 5.97 Å². The summed E-state index contributed by atoms with van der Waals surface area (Å²) >= 11 is 0. The zero-order chi connectivity index (χ0) is 14.8. The van der Waals surface area contributed by atoms with Crippen molar-refractivity contribution >= 4 is 5.97 Å². The lowest BCUT2D eigenvalue weighted by molar-refractivity contribution is 0.0595. The summed E-state index contributed by atoms with van der Waals surface area (Å²) in [4.78, 5) is 11.8. The highest BCUT2D eigenvalue weighted by molar-refractivity contribution is 5.91. The molecule has 0 spiro atoms. The summed E-state index contributed by atoms with van der Waals surface area (Å²) in [7, 11) is 1.40. The van der Waals surface area contributed by atoms with Gasteiger partial charge in [0.25, 0.3) is 0 Å². The van der Waals surface area contributed by atoms with Crippen LogP contribution in [0.15, 0.2) is 24.3 Å². The van der Waals surface area contributed by atoms with Gasteiger partial charge in [-0.25, -0.2) is 9.18 Å². The number of benzene rings is 1. The van der Waals surface area contributed by atoms with Crippen LogP contribution < -0.4 is 0 Å². The van der Waals surface area contributed by atoms with Gasteiger partial charge in [0, 0.05) is 0 Å². The molecule has 1 aromatic rings. The fourth-order valence-electron chi connectivity index (χ4n) is 3.24. The average molecular weight is 278 g/mol. The van der Waals surface area contributed by atoms with E-state index in [2.05, 4.69) is 0 Å². The van der Waals surface area contributed by atoms with Crippen molar-refractivity contribution < 1.29 is 13.9 Å². The normalized spacial score (nSPS) is 23.4. The van der Waals surface area contributed by atoms with Gasteiger partial charge in [-0.15, -0.1) is 0 Å². The van der Waals surface area contributed by atoms with E-state index in [9.17, 15) is 9.18 Å². The minimum atomic E-state index is -1.10. The number of ether oxygens (including phenoxy) is 1. The third kappa shape index (κ3) is 3.20. The van der Waals surface area contributed by atoms with Crippen LogP contribution in [-0.4, -0.2) is 18.7 Å². The number of hydrogen-bond donors (Lipinski definition) is 0. The van der Waals surface area contributed by atoms with Gasteiger partial charge in [0.15, 0.2) is 0 Å². The largest absolute Gasteiger partial charge is 0.465 e. The van der Waals surface area contributed by atoms with Crippen LogP contribution in [-0.2, 0) is 4.74 Å². The Morgan fingerprint density at radius 2 is 1.80 bits per heavy atom. The first-order valence-corrected chi connectivity index (χ1v) is 7.29. The second-order valence-corrected chi connectivity index (χ2v) is 6.19. The van der Waals surface area contributed by atoms with Crippen molar-refractivity contribution in [3.63, 3.8) is 0 Å². The summed E-state index contributed by atoms with van der Waals surface area (Å²) in [6, 6.07) is 7.61. The van der Waals surface area contributed by atoms with Crippen LogP contribution in [0.4, 0.5) is 4.39 Å². The summed E-state index contributed by atoms with van der Waals surface area (Å²) in [5, 5.41) is 0. The molecule has 0 atom stereocenters. The van der Waals surface area contributed by atoms with Crippen LogP contribution in [0, 0.1) is 5.92 Å². The van der Waals surface area contributed by atoms with Gasteiger partial charge in [0.05, 0.1) is 12.7 Å². The summed E-state index contributed by atoms with van der Waals surface area (Å²) < 4.78 is 18.8. The standard InChI is InChI=1S/C17H23FO2/c1-17(2,18)13-10-8-12(9-11-13)14-6-4-5-7-15(14)16(19)20-3/h4-7,12-13H,8-11H2,1-3H3. The molecular formula is C17H23FO2. The van der Waals surface area contributed by atoms with E-state index >= 15 is 0 Å². The summed E-state index contributed by atoms with van der Waals surface area (Å²) in [5.41, 5.74) is 0.597. The van der Waals surface area contributed by atoms with E-state index in [0.717, 1.165) is 31.2 Å². The summed E-state index contributed by atoms with van der Waals surface area (Å²) in [5.74, 6) is 0.182. The Balaban J connectivity index is 2.13. The molecule has 0 bridgehead atoms. The molecule has 2 rings (SSSR count). The monoisotopic (exact) mass is 278 g/mol. The molecule has 0 amide bonds. The van der Waals surface area contributed by atoms with E-state index in [4.69, 9.17) is 4.74 Å². The minimum absolute atomic E-state index is 0.129. The van der Waals surface area contributed by atoms with Gasteiger partial charge in [0.1, 0.15) is 5.67 Å². The van der Waals surface area contributed by atoms with E-state index < -0.39 is 5.67 Å². The third-order valence-corrected chi connectivity index (χ3v) is 4.50. The lowest BCUT2D eigenvalue weighted by Crippen LogP contribution is -2.29. The molecule has 0 radical (unpaired) electrons. The number of carbonyl (C=O) groups is 1. The Morgan fingerprint density at radius 3 is 2.35 bits per heavy atom. The molecule has 110 valence electrons. The second kappa shape index (κ2) is 5.94. The molecule has 1 saturated carbocycles. The highest BCUT2D eigenvalue weighted by Crippen LogP contribution is 2.42. The number of methoxy groups -OCH3 is 1. The number of carbonyl (C=O) groups excluding carboxylic acids is 1. The highest BCUT2D eigenvalue weighted by atomic mass is 19.1. The summed E-state index contributed by atoms with van der Waals surface area (Å²) in [6.45, 7) is 3.33. The van der Waals surface area contributed by atoms with E-state index in [1.165, 1.54) is 7.11 Å². The van der Waals surface area contributed by atoms with Crippen LogP contribution in [0.1, 0.15) is 61.4 Å². The first-order chi connectivity index (χ1) is 9.43. The van der Waals surface area contributed by atoms with E-state index in [1.807, 2.05) is 24.3 Å². The molecule has 3 heteroatoms. The number of hydrogen-bond acceptors (Lipinski definition) is 2. The quantitative estimate of drug-likeness (QED) is 0.761. The second-order valence-electron chi connectivity index (χ2n) is 6.19. The number of halogens is 1. The van der Waals surface area contributed by atoms with Crippen LogP contribution >= 0.6 is 0 Å². The number of esters is 1. The van der Waals surface area contributed by atoms with Gasteiger partial charge in [-0.2, -0.15) is 0 Å². The molecular weight excluding hydrogens is 255 g/mol. The number of rotatable bonds is 3. The maximum atomic E-state index is 14.0. The third-order valence-electron chi connectivity index (χ3n) is 4.50. The van der Waals surface area contributed by atoms with Gasteiger partial charge in [-0.05, 0) is 63.0 Å². The molecule has 1 fully saturated rings. The molecule has 0 heterocycles. The lowest BCUT2D eigenvalue weighted by Gasteiger charge is -2.34. The zero-order valence-corrected chi connectivity index (χ0v) is 12.5. The van der Waals surface area contributed by atoms with Crippen molar-refractivity contribution in [2.45, 2.75) is 51.1 Å². The van der Waals surface area contributed by atoms with E-state index in [-0.39, 0.29) is 11.9 Å². The average Bonchev–Trinajstić information content (AvgIpc) is 2.45. The maximum Gasteiger partial charge on any atom is 0.338 e. The van der Waals surface area contributed by atoms with Crippen molar-refractivity contribution in [3.8, 4) is 0 Å². The van der Waals surface area contributed by atoms with Crippen LogP contribution in [0.5, 0.6) is 0 Å². The molecule has 20 heavy (non-hydrogen) atoms. The summed E-state index contributed by atoms with van der Waals surface area (Å²) in [6.07, 6.45) is 3.63. The van der Waals surface area contributed by atoms with Crippen LogP contribution in [0.25, 0.3) is 0 Å². The SMILES string of the molecule is COC(=O)c1ccccc1C1CCC(C(C)(C)F)CC1. The van der Waals surface area contributed by atoms with E-state index in [1.54, 1.807) is 13.8 Å². The van der Waals surface area contributed by atoms with E-state index in [0.29, 0.717) is 11.5 Å². The smallest absolute Gasteiger partial charge is 0.338 e. The Morgan fingerprint density at radius 1 is 1.20 bits per heavy atom. The van der Waals surface area contributed by atoms with Crippen LogP contribution in [0.3, 0.4) is 0 Å². The van der Waals surface area contributed by atoms with Gasteiger partial charge in [-0.1, -0.05) is 18.2 Å². The number of alkyl halides is 1. The van der Waals surface area contributed by atoms with Crippen molar-refractivity contribution in [2.24, 2.45) is 5.92 Å². The topological polar surface area (TPSA) is 26.3 Å². The fraction of sp³-hybridized carbons (Fsp3) is 0.588. The maximum absolute atomic E-state index is 14.0. The molecule has 1 aliphatic rings. The highest BCUT2D eigenvalue weighted by Gasteiger charge is 2.34. The Labute approximate surface area is 120 Å². The molecule has 0 unspecified atom stereocenters. The Kier molecular flexibility index (Phi) is 4.46. The van der Waals surface area contributed by atoms with Crippen molar-refractivity contribution in [1.82, 2.24) is 0 Å². The van der Waals surface area contributed by atoms with Crippen molar-refractivity contribution in [3.05, 3.63) is 35.4 Å². The molecule has 0 aliphatic heterocycles. The lowest BCUT2D eigenvalue weighted by atomic mass is 9.73. The van der Waals surface area contributed by atoms with Crippen molar-refractivity contribution in [1.29, 1.82) is 0 Å². The van der Waals surface area contributed by atoms with Crippen LogP contribution in [0.2, 0.25) is 0 Å². The van der Waals surface area contributed by atoms with Gasteiger partial charge in [-0.3, -0.25) is 0 Å². The van der Waals surface area contributed by atoms with Crippen molar-refractivity contribution in [2.75, 3.05) is 7.11 Å². The minimum Gasteiger partial charge on any atom is -0.465 e. The molecule has 0 N–H and O–H groups in total. The predicted molar refractivity (Wildman–Crippen MR) is 77.7 cm³/mol. The Bertz CT molecular complexity index is 468. The molecule has 1 aromatic carbocycles. The molecule has 2 nitrogen and oxygen atoms in total. The first kappa shape index (κ1) is 15.0.